The Kier molecular flexibility index (Phi) is 6.13. The zero-order valence-corrected chi connectivity index (χ0v) is 19.0. The van der Waals surface area contributed by atoms with E-state index in [-0.39, 0.29) is 11.8 Å². The first kappa shape index (κ1) is 22.2. The number of amides is 2. The molecule has 7 nitrogen and oxygen atoms in total. The first-order valence-corrected chi connectivity index (χ1v) is 11.3. The molecule has 1 aliphatic heterocycles. The van der Waals surface area contributed by atoms with Crippen molar-refractivity contribution in [2.45, 2.75) is 6.42 Å². The van der Waals surface area contributed by atoms with Crippen molar-refractivity contribution in [3.8, 4) is 11.1 Å². The summed E-state index contributed by atoms with van der Waals surface area (Å²) >= 11 is 0. The van der Waals surface area contributed by atoms with Gasteiger partial charge < -0.3 is 10.2 Å². The van der Waals surface area contributed by atoms with Gasteiger partial charge in [0, 0.05) is 42.0 Å². The maximum absolute atomic E-state index is 12.6. The monoisotopic (exact) mass is 461 g/mol. The molecule has 172 valence electrons. The van der Waals surface area contributed by atoms with Crippen molar-refractivity contribution < 1.29 is 9.59 Å². The van der Waals surface area contributed by atoms with E-state index in [0.717, 1.165) is 39.6 Å². The minimum atomic E-state index is -0.220. The van der Waals surface area contributed by atoms with Crippen LogP contribution >= 0.6 is 0 Å². The van der Waals surface area contributed by atoms with Crippen LogP contribution in [0.15, 0.2) is 92.0 Å². The third-order valence-corrected chi connectivity index (χ3v) is 5.98. The molecule has 2 amide bonds. The number of fused-ring (bicyclic) bond motifs is 1. The Morgan fingerprint density at radius 2 is 1.89 bits per heavy atom. The van der Waals surface area contributed by atoms with Crippen molar-refractivity contribution in [2.24, 2.45) is 0 Å². The fourth-order valence-corrected chi connectivity index (χ4v) is 4.21. The molecular weight excluding hydrogens is 438 g/mol. The molecule has 0 bridgehead atoms. The number of pyridine rings is 1. The highest BCUT2D eigenvalue weighted by atomic mass is 16.2. The molecule has 0 radical (unpaired) electrons. The van der Waals surface area contributed by atoms with Crippen molar-refractivity contribution >= 4 is 34.1 Å². The number of nitrogens with zero attached hydrogens (tertiary/aromatic N) is 4. The second-order valence-corrected chi connectivity index (χ2v) is 8.21. The van der Waals surface area contributed by atoms with Crippen LogP contribution in [0, 0.1) is 0 Å². The lowest BCUT2D eigenvalue weighted by Crippen LogP contribution is -2.34. The Morgan fingerprint density at radius 3 is 2.66 bits per heavy atom. The first-order valence-electron chi connectivity index (χ1n) is 11.3. The number of aromatic nitrogens is 3. The fourth-order valence-electron chi connectivity index (χ4n) is 4.21. The van der Waals surface area contributed by atoms with Gasteiger partial charge in [0.1, 0.15) is 12.1 Å². The molecule has 0 aliphatic carbocycles. The maximum Gasteiger partial charge on any atom is 0.256 e. The molecule has 2 aromatic carbocycles. The van der Waals surface area contributed by atoms with Crippen LogP contribution in [0.5, 0.6) is 0 Å². The topological polar surface area (TPSA) is 88.1 Å². The molecule has 0 saturated carbocycles. The highest BCUT2D eigenvalue weighted by Crippen LogP contribution is 2.32. The van der Waals surface area contributed by atoms with Gasteiger partial charge in [0.15, 0.2) is 0 Å². The van der Waals surface area contributed by atoms with E-state index in [1.807, 2.05) is 24.3 Å². The lowest BCUT2D eigenvalue weighted by Gasteiger charge is -2.27. The summed E-state index contributed by atoms with van der Waals surface area (Å²) < 4.78 is 0. The van der Waals surface area contributed by atoms with Crippen molar-refractivity contribution in [2.75, 3.05) is 18.4 Å². The molecule has 2 aromatic heterocycles. The van der Waals surface area contributed by atoms with Crippen LogP contribution in [0.25, 0.3) is 27.6 Å². The van der Waals surface area contributed by atoms with Crippen LogP contribution in [0.3, 0.4) is 0 Å². The van der Waals surface area contributed by atoms with E-state index in [1.54, 1.807) is 41.6 Å². The smallest absolute Gasteiger partial charge is 0.256 e. The Morgan fingerprint density at radius 1 is 1.03 bits per heavy atom. The average Bonchev–Trinajstić information content (AvgIpc) is 2.92. The second-order valence-electron chi connectivity index (χ2n) is 8.21. The third-order valence-electron chi connectivity index (χ3n) is 5.98. The predicted molar refractivity (Wildman–Crippen MR) is 137 cm³/mol. The van der Waals surface area contributed by atoms with Crippen molar-refractivity contribution in [1.82, 2.24) is 19.9 Å². The molecule has 1 aliphatic rings. The van der Waals surface area contributed by atoms with Crippen LogP contribution in [0.2, 0.25) is 0 Å². The van der Waals surface area contributed by atoms with E-state index < -0.39 is 0 Å². The van der Waals surface area contributed by atoms with Gasteiger partial charge in [-0.2, -0.15) is 0 Å². The highest BCUT2D eigenvalue weighted by Gasteiger charge is 2.20. The number of benzene rings is 2. The zero-order chi connectivity index (χ0) is 24.2. The van der Waals surface area contributed by atoms with Crippen molar-refractivity contribution in [3.63, 3.8) is 0 Å². The normalized spacial score (nSPS) is 13.3. The number of anilines is 1. The Hall–Kier alpha value is -4.65. The van der Waals surface area contributed by atoms with Gasteiger partial charge in [-0.25, -0.2) is 15.0 Å². The van der Waals surface area contributed by atoms with Crippen LogP contribution in [0.4, 0.5) is 5.82 Å². The van der Waals surface area contributed by atoms with Gasteiger partial charge in [-0.05, 0) is 65.6 Å². The third kappa shape index (κ3) is 4.70. The van der Waals surface area contributed by atoms with Gasteiger partial charge in [-0.15, -0.1) is 0 Å². The summed E-state index contributed by atoms with van der Waals surface area (Å²) in [5.41, 5.74) is 5.34. The molecule has 0 spiro atoms. The van der Waals surface area contributed by atoms with Gasteiger partial charge in [0.25, 0.3) is 5.91 Å². The molecule has 1 N–H and O–H groups in total. The van der Waals surface area contributed by atoms with Gasteiger partial charge in [-0.3, -0.25) is 9.59 Å². The molecule has 0 saturated heterocycles. The standard InChI is InChI=1S/C28H23N5O2/c1-2-26(34)33-13-5-6-21(17-33)24-15-22(14-23-16-29-18-31-27(23)24)19-8-10-20(11-9-19)28(35)32-25-7-3-4-12-30-25/h2-4,6-12,14-16,18H,1,5,13,17H2,(H,30,32,35). The largest absolute Gasteiger partial charge is 0.335 e. The minimum absolute atomic E-state index is 0.0785. The van der Waals surface area contributed by atoms with Crippen LogP contribution < -0.4 is 5.32 Å². The van der Waals surface area contributed by atoms with Crippen molar-refractivity contribution in [1.29, 1.82) is 0 Å². The molecule has 5 rings (SSSR count). The van der Waals surface area contributed by atoms with Gasteiger partial charge in [0.2, 0.25) is 5.91 Å². The molecule has 35 heavy (non-hydrogen) atoms. The zero-order valence-electron chi connectivity index (χ0n) is 19.0. The number of carbonyl (C=O) groups excluding carboxylic acids is 2. The summed E-state index contributed by atoms with van der Waals surface area (Å²) in [7, 11) is 0. The summed E-state index contributed by atoms with van der Waals surface area (Å²) in [4.78, 5) is 39.5. The molecule has 0 atom stereocenters. The number of hydrogen-bond acceptors (Lipinski definition) is 5. The van der Waals surface area contributed by atoms with E-state index >= 15 is 0 Å². The number of rotatable bonds is 5. The number of nitrogens with one attached hydrogen (secondary N) is 1. The molecule has 0 fully saturated rings. The van der Waals surface area contributed by atoms with Crippen LogP contribution in [-0.2, 0) is 4.79 Å². The predicted octanol–water partition coefficient (Wildman–Crippen LogP) is 4.75. The van der Waals surface area contributed by atoms with E-state index in [1.165, 1.54) is 12.4 Å². The Bertz CT molecular complexity index is 1450. The van der Waals surface area contributed by atoms with Crippen LogP contribution in [-0.4, -0.2) is 44.8 Å². The van der Waals surface area contributed by atoms with Crippen molar-refractivity contribution in [3.05, 3.63) is 103 Å². The van der Waals surface area contributed by atoms with E-state index in [4.69, 9.17) is 0 Å². The second kappa shape index (κ2) is 9.69. The fraction of sp³-hybridized carbons (Fsp3) is 0.107. The highest BCUT2D eigenvalue weighted by molar-refractivity contribution is 6.04. The lowest BCUT2D eigenvalue weighted by molar-refractivity contribution is -0.125. The molecule has 0 unspecified atom stereocenters. The van der Waals surface area contributed by atoms with E-state index in [9.17, 15) is 9.59 Å². The molecular formula is C28H23N5O2. The SMILES string of the molecule is C=CC(=O)N1CCC=C(c2cc(-c3ccc(C(=O)Nc4ccccn4)cc3)cc3cncnc23)C1. The summed E-state index contributed by atoms with van der Waals surface area (Å²) in [5, 5.41) is 3.71. The molecule has 7 heteroatoms. The maximum atomic E-state index is 12.6. The van der Waals surface area contributed by atoms with Crippen LogP contribution in [0.1, 0.15) is 22.3 Å². The Labute approximate surface area is 202 Å². The first-order chi connectivity index (χ1) is 17.1. The number of carbonyl (C=O) groups is 2. The van der Waals surface area contributed by atoms with E-state index in [0.29, 0.717) is 24.5 Å². The molecule has 4 aromatic rings. The quantitative estimate of drug-likeness (QED) is 0.434. The van der Waals surface area contributed by atoms with Gasteiger partial charge in [0.05, 0.1) is 5.52 Å². The average molecular weight is 462 g/mol. The summed E-state index contributed by atoms with van der Waals surface area (Å²) in [6.45, 7) is 4.79. The molecule has 3 heterocycles. The minimum Gasteiger partial charge on any atom is -0.335 e. The van der Waals surface area contributed by atoms with Gasteiger partial charge in [-0.1, -0.05) is 30.9 Å². The summed E-state index contributed by atoms with van der Waals surface area (Å²) in [6.07, 6.45) is 9.25. The van der Waals surface area contributed by atoms with Gasteiger partial charge >= 0.3 is 0 Å². The lowest BCUT2D eigenvalue weighted by atomic mass is 9.93. The summed E-state index contributed by atoms with van der Waals surface area (Å²) in [5.74, 6) is 0.206. The summed E-state index contributed by atoms with van der Waals surface area (Å²) in [6, 6.07) is 16.9. The number of hydrogen-bond donors (Lipinski definition) is 1. The Balaban J connectivity index is 1.47. The van der Waals surface area contributed by atoms with E-state index in [2.05, 4.69) is 39.0 Å².